The van der Waals surface area contributed by atoms with Gasteiger partial charge in [0.15, 0.2) is 0 Å². The first kappa shape index (κ1) is 11.1. The Balaban J connectivity index is 1.80. The van der Waals surface area contributed by atoms with Crippen LogP contribution in [0.2, 0.25) is 0 Å². The molecule has 1 saturated heterocycles. The highest BCUT2D eigenvalue weighted by molar-refractivity contribution is 7.10. The Kier molecular flexibility index (Phi) is 4.14. The zero-order valence-corrected chi connectivity index (χ0v) is 9.63. The average Bonchev–Trinajstić information content (AvgIpc) is 2.90. The molecule has 0 spiro atoms. The summed E-state index contributed by atoms with van der Waals surface area (Å²) in [5.74, 6) is 5.56. The molecule has 0 bridgehead atoms. The van der Waals surface area contributed by atoms with Gasteiger partial charge in [-0.1, -0.05) is 6.07 Å². The van der Waals surface area contributed by atoms with Gasteiger partial charge >= 0.3 is 0 Å². The van der Waals surface area contributed by atoms with Crippen LogP contribution >= 0.6 is 11.3 Å². The highest BCUT2D eigenvalue weighted by Gasteiger charge is 2.18. The number of ether oxygens (including phenoxy) is 1. The van der Waals surface area contributed by atoms with Crippen molar-refractivity contribution in [3.05, 3.63) is 22.4 Å². The first-order valence-corrected chi connectivity index (χ1v) is 6.39. The van der Waals surface area contributed by atoms with Gasteiger partial charge in [0, 0.05) is 11.5 Å². The maximum atomic E-state index is 5.60. The zero-order chi connectivity index (χ0) is 10.5. The first-order valence-electron chi connectivity index (χ1n) is 5.51. The molecule has 84 valence electrons. The van der Waals surface area contributed by atoms with E-state index < -0.39 is 0 Å². The molecule has 0 aliphatic carbocycles. The van der Waals surface area contributed by atoms with E-state index in [-0.39, 0.29) is 6.04 Å². The molecular formula is C11H18N2OS. The van der Waals surface area contributed by atoms with Gasteiger partial charge in [0.05, 0.1) is 12.1 Å². The molecule has 2 heterocycles. The number of rotatable bonds is 5. The summed E-state index contributed by atoms with van der Waals surface area (Å²) in [5.41, 5.74) is 2.88. The second-order valence-electron chi connectivity index (χ2n) is 3.95. The molecule has 0 radical (unpaired) electrons. The van der Waals surface area contributed by atoms with Crippen LogP contribution in [-0.2, 0) is 4.74 Å². The van der Waals surface area contributed by atoms with Crippen LogP contribution in [0.3, 0.4) is 0 Å². The molecular weight excluding hydrogens is 208 g/mol. The summed E-state index contributed by atoms with van der Waals surface area (Å²) in [5, 5.41) is 2.09. The van der Waals surface area contributed by atoms with Gasteiger partial charge in [-0.3, -0.25) is 11.3 Å². The minimum absolute atomic E-state index is 0.286. The maximum absolute atomic E-state index is 5.60. The molecule has 3 nitrogen and oxygen atoms in total. The quantitative estimate of drug-likeness (QED) is 0.598. The summed E-state index contributed by atoms with van der Waals surface area (Å²) in [6.45, 7) is 0.935. The van der Waals surface area contributed by atoms with E-state index in [1.807, 2.05) is 0 Å². The predicted octanol–water partition coefficient (Wildman–Crippen LogP) is 2.21. The minimum atomic E-state index is 0.286. The van der Waals surface area contributed by atoms with Crippen molar-refractivity contribution in [2.24, 2.45) is 5.84 Å². The van der Waals surface area contributed by atoms with Crippen molar-refractivity contribution in [2.75, 3.05) is 6.61 Å². The molecule has 0 amide bonds. The summed E-state index contributed by atoms with van der Waals surface area (Å²) < 4.78 is 5.60. The Morgan fingerprint density at radius 2 is 2.60 bits per heavy atom. The molecule has 1 aliphatic heterocycles. The summed E-state index contributed by atoms with van der Waals surface area (Å²) in [6.07, 6.45) is 5.04. The van der Waals surface area contributed by atoms with Gasteiger partial charge in [-0.2, -0.15) is 0 Å². The SMILES string of the molecule is NNC(CCC1CCCO1)c1cccs1. The number of hydrogen-bond donors (Lipinski definition) is 2. The monoisotopic (exact) mass is 226 g/mol. The normalized spacial score (nSPS) is 23.1. The van der Waals surface area contributed by atoms with Crippen molar-refractivity contribution in [3.8, 4) is 0 Å². The molecule has 1 aromatic rings. The Morgan fingerprint density at radius 3 is 3.20 bits per heavy atom. The van der Waals surface area contributed by atoms with Crippen LogP contribution in [-0.4, -0.2) is 12.7 Å². The molecule has 15 heavy (non-hydrogen) atoms. The van der Waals surface area contributed by atoms with Crippen LogP contribution in [0.4, 0.5) is 0 Å². The van der Waals surface area contributed by atoms with Gasteiger partial charge in [0.1, 0.15) is 0 Å². The van der Waals surface area contributed by atoms with E-state index in [0.29, 0.717) is 6.10 Å². The number of hydrazine groups is 1. The molecule has 0 aromatic carbocycles. The Bertz CT molecular complexity index is 270. The molecule has 4 heteroatoms. The van der Waals surface area contributed by atoms with Gasteiger partial charge in [0.25, 0.3) is 0 Å². The number of hydrogen-bond acceptors (Lipinski definition) is 4. The number of nitrogens with two attached hydrogens (primary N) is 1. The Labute approximate surface area is 94.6 Å². The van der Waals surface area contributed by atoms with Crippen molar-refractivity contribution in [1.82, 2.24) is 5.43 Å². The first-order chi connectivity index (χ1) is 7.40. The van der Waals surface area contributed by atoms with Crippen LogP contribution in [0.25, 0.3) is 0 Å². The van der Waals surface area contributed by atoms with Crippen LogP contribution in [0.15, 0.2) is 17.5 Å². The lowest BCUT2D eigenvalue weighted by Gasteiger charge is -2.16. The molecule has 1 aromatic heterocycles. The third-order valence-corrected chi connectivity index (χ3v) is 3.88. The maximum Gasteiger partial charge on any atom is 0.0576 e. The topological polar surface area (TPSA) is 47.3 Å². The molecule has 1 fully saturated rings. The van der Waals surface area contributed by atoms with Crippen molar-refractivity contribution < 1.29 is 4.74 Å². The fraction of sp³-hybridized carbons (Fsp3) is 0.636. The van der Waals surface area contributed by atoms with E-state index in [1.165, 1.54) is 17.7 Å². The molecule has 2 unspecified atom stereocenters. The second kappa shape index (κ2) is 5.61. The van der Waals surface area contributed by atoms with Crippen LogP contribution in [0, 0.1) is 0 Å². The van der Waals surface area contributed by atoms with Gasteiger partial charge < -0.3 is 4.74 Å². The van der Waals surface area contributed by atoms with Crippen LogP contribution in [0.5, 0.6) is 0 Å². The van der Waals surface area contributed by atoms with Gasteiger partial charge in [-0.15, -0.1) is 11.3 Å². The second-order valence-corrected chi connectivity index (χ2v) is 4.93. The third kappa shape index (κ3) is 3.01. The van der Waals surface area contributed by atoms with Crippen LogP contribution in [0.1, 0.15) is 36.6 Å². The summed E-state index contributed by atoms with van der Waals surface area (Å²) in [6, 6.07) is 4.48. The highest BCUT2D eigenvalue weighted by Crippen LogP contribution is 2.25. The van der Waals surface area contributed by atoms with Crippen molar-refractivity contribution in [2.45, 2.75) is 37.8 Å². The molecule has 2 atom stereocenters. The summed E-state index contributed by atoms with van der Waals surface area (Å²) >= 11 is 1.75. The van der Waals surface area contributed by atoms with E-state index >= 15 is 0 Å². The largest absolute Gasteiger partial charge is 0.378 e. The lowest BCUT2D eigenvalue weighted by Crippen LogP contribution is -2.28. The molecule has 0 saturated carbocycles. The van der Waals surface area contributed by atoms with E-state index in [2.05, 4.69) is 22.9 Å². The molecule has 3 N–H and O–H groups in total. The Hall–Kier alpha value is -0.420. The summed E-state index contributed by atoms with van der Waals surface area (Å²) in [4.78, 5) is 1.32. The lowest BCUT2D eigenvalue weighted by atomic mass is 10.1. The van der Waals surface area contributed by atoms with Gasteiger partial charge in [-0.05, 0) is 37.1 Å². The molecule has 1 aliphatic rings. The van der Waals surface area contributed by atoms with E-state index in [1.54, 1.807) is 11.3 Å². The van der Waals surface area contributed by atoms with Gasteiger partial charge in [0.2, 0.25) is 0 Å². The number of nitrogens with one attached hydrogen (secondary N) is 1. The standard InChI is InChI=1S/C11H18N2OS/c12-13-10(11-4-2-8-15-11)6-5-9-3-1-7-14-9/h2,4,8-10,13H,1,3,5-7,12H2. The summed E-state index contributed by atoms with van der Waals surface area (Å²) in [7, 11) is 0. The fourth-order valence-corrected chi connectivity index (χ4v) is 2.84. The number of thiophene rings is 1. The fourth-order valence-electron chi connectivity index (χ4n) is 2.02. The molecule has 2 rings (SSSR count). The van der Waals surface area contributed by atoms with Crippen molar-refractivity contribution in [1.29, 1.82) is 0 Å². The van der Waals surface area contributed by atoms with Crippen molar-refractivity contribution >= 4 is 11.3 Å². The zero-order valence-electron chi connectivity index (χ0n) is 8.82. The van der Waals surface area contributed by atoms with Gasteiger partial charge in [-0.25, -0.2) is 0 Å². The van der Waals surface area contributed by atoms with E-state index in [0.717, 1.165) is 19.4 Å². The van der Waals surface area contributed by atoms with E-state index in [4.69, 9.17) is 10.6 Å². The van der Waals surface area contributed by atoms with E-state index in [9.17, 15) is 0 Å². The Morgan fingerprint density at radius 1 is 1.67 bits per heavy atom. The third-order valence-electron chi connectivity index (χ3n) is 2.89. The average molecular weight is 226 g/mol. The minimum Gasteiger partial charge on any atom is -0.378 e. The smallest absolute Gasteiger partial charge is 0.0576 e. The lowest BCUT2D eigenvalue weighted by molar-refractivity contribution is 0.0997. The van der Waals surface area contributed by atoms with Crippen LogP contribution < -0.4 is 11.3 Å². The highest BCUT2D eigenvalue weighted by atomic mass is 32.1. The van der Waals surface area contributed by atoms with Crippen molar-refractivity contribution in [3.63, 3.8) is 0 Å². The predicted molar refractivity (Wildman–Crippen MR) is 62.6 cm³/mol.